The van der Waals surface area contributed by atoms with Crippen LogP contribution in [0.15, 0.2) is 29.8 Å². The van der Waals surface area contributed by atoms with E-state index in [1.807, 2.05) is 38.1 Å². The Bertz CT molecular complexity index is 382. The van der Waals surface area contributed by atoms with Gasteiger partial charge in [-0.05, 0) is 44.5 Å². The monoisotopic (exact) mass is 235 g/mol. The van der Waals surface area contributed by atoms with Gasteiger partial charge in [-0.3, -0.25) is 0 Å². The zero-order valence-electron chi connectivity index (χ0n) is 10.8. The molecule has 0 spiro atoms. The molecule has 3 nitrogen and oxygen atoms in total. The summed E-state index contributed by atoms with van der Waals surface area (Å²) in [5.74, 6) is 1.57. The summed E-state index contributed by atoms with van der Waals surface area (Å²) in [6.07, 6.45) is 2.83. The molecule has 0 aromatic heterocycles. The predicted molar refractivity (Wildman–Crippen MR) is 70.7 cm³/mol. The van der Waals surface area contributed by atoms with E-state index >= 15 is 0 Å². The second kappa shape index (κ2) is 6.97. The van der Waals surface area contributed by atoms with Crippen LogP contribution in [0.4, 0.5) is 0 Å². The quantitative estimate of drug-likeness (QED) is 0.771. The average Bonchev–Trinajstić information content (AvgIpc) is 2.30. The molecule has 17 heavy (non-hydrogen) atoms. The van der Waals surface area contributed by atoms with Gasteiger partial charge in [0.2, 0.25) is 0 Å². The zero-order valence-corrected chi connectivity index (χ0v) is 10.8. The van der Waals surface area contributed by atoms with Gasteiger partial charge in [0, 0.05) is 0 Å². The number of para-hydroxylation sites is 1. The fraction of sp³-hybridized carbons (Fsp3) is 0.429. The van der Waals surface area contributed by atoms with E-state index in [2.05, 4.69) is 0 Å². The molecule has 0 unspecified atom stereocenters. The van der Waals surface area contributed by atoms with Crippen LogP contribution < -0.4 is 15.2 Å². The largest absolute Gasteiger partial charge is 0.493 e. The van der Waals surface area contributed by atoms with Gasteiger partial charge >= 0.3 is 0 Å². The number of rotatable bonds is 6. The third kappa shape index (κ3) is 4.11. The van der Waals surface area contributed by atoms with Gasteiger partial charge < -0.3 is 15.2 Å². The molecule has 0 saturated carbocycles. The van der Waals surface area contributed by atoms with Gasteiger partial charge in [-0.25, -0.2) is 0 Å². The Morgan fingerprint density at radius 1 is 1.35 bits per heavy atom. The first-order chi connectivity index (χ1) is 8.19. The SMILES string of the molecule is COc1cccc(CCN)c1OCC=C(C)C. The van der Waals surface area contributed by atoms with Gasteiger partial charge in [-0.1, -0.05) is 17.7 Å². The van der Waals surface area contributed by atoms with E-state index in [0.29, 0.717) is 13.2 Å². The molecule has 0 aliphatic rings. The Morgan fingerprint density at radius 3 is 2.71 bits per heavy atom. The van der Waals surface area contributed by atoms with Crippen LogP contribution in [0.25, 0.3) is 0 Å². The number of benzene rings is 1. The summed E-state index contributed by atoms with van der Waals surface area (Å²) in [7, 11) is 1.65. The summed E-state index contributed by atoms with van der Waals surface area (Å²) >= 11 is 0. The topological polar surface area (TPSA) is 44.5 Å². The Hall–Kier alpha value is -1.48. The van der Waals surface area contributed by atoms with E-state index < -0.39 is 0 Å². The van der Waals surface area contributed by atoms with E-state index in [1.54, 1.807) is 7.11 Å². The average molecular weight is 235 g/mol. The standard InChI is InChI=1S/C14H21NO2/c1-11(2)8-10-17-14-12(7-9-15)5-4-6-13(14)16-3/h4-6,8H,7,9-10,15H2,1-3H3. The predicted octanol–water partition coefficient (Wildman–Crippen LogP) is 2.54. The number of hydrogen-bond donors (Lipinski definition) is 1. The fourth-order valence-electron chi connectivity index (χ4n) is 1.53. The molecule has 0 aliphatic heterocycles. The van der Waals surface area contributed by atoms with Crippen molar-refractivity contribution in [3.8, 4) is 11.5 Å². The normalized spacial score (nSPS) is 9.88. The number of nitrogens with two attached hydrogens (primary N) is 1. The summed E-state index contributed by atoms with van der Waals surface area (Å²) in [6.45, 7) is 5.26. The van der Waals surface area contributed by atoms with Crippen molar-refractivity contribution in [3.63, 3.8) is 0 Å². The van der Waals surface area contributed by atoms with Crippen LogP contribution in [0.3, 0.4) is 0 Å². The van der Waals surface area contributed by atoms with Crippen molar-refractivity contribution < 1.29 is 9.47 Å². The van der Waals surface area contributed by atoms with Crippen LogP contribution in [-0.2, 0) is 6.42 Å². The molecule has 0 aliphatic carbocycles. The van der Waals surface area contributed by atoms with Crippen molar-refractivity contribution in [1.82, 2.24) is 0 Å². The first kappa shape index (κ1) is 13.6. The Labute approximate surface area is 103 Å². The molecule has 0 atom stereocenters. The molecule has 1 aromatic carbocycles. The molecule has 0 saturated heterocycles. The van der Waals surface area contributed by atoms with Crippen molar-refractivity contribution in [2.75, 3.05) is 20.3 Å². The molecule has 0 amide bonds. The number of allylic oxidation sites excluding steroid dienone is 1. The van der Waals surface area contributed by atoms with Gasteiger partial charge in [0.1, 0.15) is 6.61 Å². The minimum Gasteiger partial charge on any atom is -0.493 e. The number of hydrogen-bond acceptors (Lipinski definition) is 3. The first-order valence-electron chi connectivity index (χ1n) is 5.81. The summed E-state index contributed by atoms with van der Waals surface area (Å²) in [6, 6.07) is 5.88. The highest BCUT2D eigenvalue weighted by Crippen LogP contribution is 2.31. The molecular weight excluding hydrogens is 214 g/mol. The lowest BCUT2D eigenvalue weighted by Crippen LogP contribution is -2.06. The molecule has 2 N–H and O–H groups in total. The van der Waals surface area contributed by atoms with E-state index in [9.17, 15) is 0 Å². The van der Waals surface area contributed by atoms with Gasteiger partial charge in [-0.15, -0.1) is 0 Å². The molecule has 3 heteroatoms. The lowest BCUT2D eigenvalue weighted by atomic mass is 10.1. The van der Waals surface area contributed by atoms with Crippen molar-refractivity contribution in [3.05, 3.63) is 35.4 Å². The van der Waals surface area contributed by atoms with Crippen molar-refractivity contribution >= 4 is 0 Å². The third-order valence-corrected chi connectivity index (χ3v) is 2.41. The van der Waals surface area contributed by atoms with Gasteiger partial charge in [0.25, 0.3) is 0 Å². The van der Waals surface area contributed by atoms with Crippen molar-refractivity contribution in [1.29, 1.82) is 0 Å². The number of ether oxygens (including phenoxy) is 2. The van der Waals surface area contributed by atoms with Crippen LogP contribution in [0.5, 0.6) is 11.5 Å². The van der Waals surface area contributed by atoms with Crippen LogP contribution in [-0.4, -0.2) is 20.3 Å². The van der Waals surface area contributed by atoms with E-state index in [-0.39, 0.29) is 0 Å². The zero-order chi connectivity index (χ0) is 12.7. The summed E-state index contributed by atoms with van der Waals surface area (Å²) in [4.78, 5) is 0. The molecule has 0 heterocycles. The summed E-state index contributed by atoms with van der Waals surface area (Å²) in [5.41, 5.74) is 7.92. The van der Waals surface area contributed by atoms with Gasteiger partial charge in [-0.2, -0.15) is 0 Å². The van der Waals surface area contributed by atoms with Gasteiger partial charge in [0.15, 0.2) is 11.5 Å². The second-order valence-corrected chi connectivity index (χ2v) is 4.08. The molecule has 94 valence electrons. The van der Waals surface area contributed by atoms with E-state index in [4.69, 9.17) is 15.2 Å². The lowest BCUT2D eigenvalue weighted by Gasteiger charge is -2.13. The molecule has 0 bridgehead atoms. The van der Waals surface area contributed by atoms with Crippen molar-refractivity contribution in [2.24, 2.45) is 5.73 Å². The highest BCUT2D eigenvalue weighted by molar-refractivity contribution is 5.46. The second-order valence-electron chi connectivity index (χ2n) is 4.08. The van der Waals surface area contributed by atoms with Crippen molar-refractivity contribution in [2.45, 2.75) is 20.3 Å². The minimum absolute atomic E-state index is 0.556. The highest BCUT2D eigenvalue weighted by Gasteiger charge is 2.09. The number of methoxy groups -OCH3 is 1. The summed E-state index contributed by atoms with van der Waals surface area (Å²) < 4.78 is 11.1. The minimum atomic E-state index is 0.556. The van der Waals surface area contributed by atoms with Crippen LogP contribution in [0.2, 0.25) is 0 Å². The third-order valence-electron chi connectivity index (χ3n) is 2.41. The highest BCUT2D eigenvalue weighted by atomic mass is 16.5. The molecule has 1 rings (SSSR count). The lowest BCUT2D eigenvalue weighted by molar-refractivity contribution is 0.322. The van der Waals surface area contributed by atoms with E-state index in [0.717, 1.165) is 23.5 Å². The summed E-state index contributed by atoms with van der Waals surface area (Å²) in [5, 5.41) is 0. The maximum absolute atomic E-state index is 5.77. The fourth-order valence-corrected chi connectivity index (χ4v) is 1.53. The molecule has 0 radical (unpaired) electrons. The molecule has 0 fully saturated rings. The maximum Gasteiger partial charge on any atom is 0.164 e. The van der Waals surface area contributed by atoms with Crippen LogP contribution in [0, 0.1) is 0 Å². The molecule has 1 aromatic rings. The van der Waals surface area contributed by atoms with Crippen LogP contribution in [0.1, 0.15) is 19.4 Å². The Morgan fingerprint density at radius 2 is 2.12 bits per heavy atom. The smallest absolute Gasteiger partial charge is 0.164 e. The van der Waals surface area contributed by atoms with Gasteiger partial charge in [0.05, 0.1) is 7.11 Å². The first-order valence-corrected chi connectivity index (χ1v) is 5.81. The Balaban J connectivity index is 2.88. The van der Waals surface area contributed by atoms with E-state index in [1.165, 1.54) is 5.57 Å². The molecular formula is C14H21NO2. The Kier molecular flexibility index (Phi) is 5.57. The maximum atomic E-state index is 5.77. The van der Waals surface area contributed by atoms with Crippen LogP contribution >= 0.6 is 0 Å².